The van der Waals surface area contributed by atoms with Gasteiger partial charge in [0.05, 0.1) is 0 Å². The molecule has 0 spiro atoms. The summed E-state index contributed by atoms with van der Waals surface area (Å²) in [4.78, 5) is 11.4. The van der Waals surface area contributed by atoms with Crippen molar-refractivity contribution in [2.75, 3.05) is 0 Å². The summed E-state index contributed by atoms with van der Waals surface area (Å²) in [7, 11) is 0. The maximum Gasteiger partial charge on any atom is 0.379 e. The smallest absolute Gasteiger partial charge is 0.379 e. The molecule has 0 radical (unpaired) electrons. The van der Waals surface area contributed by atoms with E-state index in [-0.39, 0.29) is 5.75 Å². The van der Waals surface area contributed by atoms with E-state index in [1.54, 1.807) is 13.0 Å². The molecule has 1 heterocycles. The zero-order chi connectivity index (χ0) is 11.0. The first-order valence-corrected chi connectivity index (χ1v) is 4.30. The van der Waals surface area contributed by atoms with Crippen molar-refractivity contribution in [3.8, 4) is 5.75 Å². The molecule has 14 heavy (non-hydrogen) atoms. The van der Waals surface area contributed by atoms with Crippen LogP contribution in [0.5, 0.6) is 5.75 Å². The lowest BCUT2D eigenvalue weighted by Gasteiger charge is -2.03. The Morgan fingerprint density at radius 1 is 1.43 bits per heavy atom. The number of rotatable bonds is 1. The summed E-state index contributed by atoms with van der Waals surface area (Å²) in [5.41, 5.74) is 1.61. The van der Waals surface area contributed by atoms with Gasteiger partial charge in [-0.15, -0.1) is 0 Å². The van der Waals surface area contributed by atoms with Crippen molar-refractivity contribution in [2.45, 2.75) is 13.8 Å². The molecule has 3 heteroatoms. The number of aryl methyl sites for hydroxylation is 2. The lowest BCUT2D eigenvalue weighted by atomic mass is 10.1. The fourth-order valence-corrected chi connectivity index (χ4v) is 1.45. The first-order chi connectivity index (χ1) is 7.13. The molecule has 0 atom stereocenters. The fraction of sp³-hybridized carbons (Fsp3) is 0.182. The molecule has 1 N–H and O–H groups in total. The topological polar surface area (TPSA) is 50.4 Å². The van der Waals surface area contributed by atoms with E-state index >= 15 is 0 Å². The van der Waals surface area contributed by atoms with Crippen LogP contribution in [-0.2, 0) is 0 Å². The average molecular weight is 191 g/mol. The maximum atomic E-state index is 11.4. The number of fused-ring (bicyclic) bond motifs is 1. The molecular weight excluding hydrogens is 180 g/mol. The van der Waals surface area contributed by atoms with E-state index in [4.69, 9.17) is 5.85 Å². The predicted octanol–water partition coefficient (Wildman–Crippen LogP) is 2.12. The van der Waals surface area contributed by atoms with E-state index in [0.717, 1.165) is 10.9 Å². The molecule has 1 aromatic carbocycles. The molecule has 1 aromatic heterocycles. The summed E-state index contributed by atoms with van der Waals surface area (Å²) in [6.45, 7) is 3.69. The van der Waals surface area contributed by atoms with Crippen LogP contribution < -0.4 is 5.63 Å². The Labute approximate surface area is 82.1 Å². The van der Waals surface area contributed by atoms with Crippen molar-refractivity contribution < 1.29 is 9.53 Å². The quantitative estimate of drug-likeness (QED) is 0.702. The van der Waals surface area contributed by atoms with Crippen molar-refractivity contribution in [2.24, 2.45) is 0 Å². The number of benzene rings is 1. The Morgan fingerprint density at radius 2 is 2.21 bits per heavy atom. The third-order valence-corrected chi connectivity index (χ3v) is 2.27. The van der Waals surface area contributed by atoms with Crippen LogP contribution >= 0.6 is 0 Å². The van der Waals surface area contributed by atoms with Gasteiger partial charge in [0, 0.05) is 10.9 Å². The maximum absolute atomic E-state index is 11.4. The highest BCUT2D eigenvalue weighted by Gasteiger charge is 2.08. The van der Waals surface area contributed by atoms with Gasteiger partial charge >= 0.3 is 5.63 Å². The van der Waals surface area contributed by atoms with Gasteiger partial charge in [-0.25, -0.2) is 4.79 Å². The largest absolute Gasteiger partial charge is 0.502 e. The number of hydrogen-bond donors (Lipinski definition) is 1. The summed E-state index contributed by atoms with van der Waals surface area (Å²) in [5, 5.41) is 5.07. The van der Waals surface area contributed by atoms with E-state index in [0.29, 0.717) is 11.1 Å². The average Bonchev–Trinajstić information content (AvgIpc) is 2.20. The van der Waals surface area contributed by atoms with E-state index in [1.807, 2.05) is 19.1 Å². The van der Waals surface area contributed by atoms with Crippen molar-refractivity contribution in [1.29, 1.82) is 1.43 Å². The Bertz CT molecular complexity index is 572. The van der Waals surface area contributed by atoms with Gasteiger partial charge in [0.15, 0.2) is 0 Å². The predicted molar refractivity (Wildman–Crippen MR) is 53.6 cm³/mol. The molecule has 0 aliphatic carbocycles. The molecule has 2 aromatic rings. The Hall–Kier alpha value is -1.77. The zero-order valence-electron chi connectivity index (χ0n) is 8.96. The van der Waals surface area contributed by atoms with Gasteiger partial charge in [-0.2, -0.15) is 0 Å². The normalized spacial score (nSPS) is 11.4. The van der Waals surface area contributed by atoms with Crippen LogP contribution in [0.2, 0.25) is 0 Å². The second kappa shape index (κ2) is 2.87. The third kappa shape index (κ3) is 1.18. The van der Waals surface area contributed by atoms with Crippen molar-refractivity contribution >= 4 is 11.0 Å². The molecule has 0 bridgehead atoms. The molecule has 0 amide bonds. The fourth-order valence-electron chi connectivity index (χ4n) is 1.45. The lowest BCUT2D eigenvalue weighted by molar-refractivity contribution is 0.424. The minimum absolute atomic E-state index is 0.0481. The molecule has 0 aliphatic heterocycles. The molecule has 72 valence electrons. The van der Waals surface area contributed by atoms with Crippen molar-refractivity contribution in [3.63, 3.8) is 0 Å². The van der Waals surface area contributed by atoms with Crippen LogP contribution in [0.4, 0.5) is 0 Å². The second-order valence-corrected chi connectivity index (χ2v) is 3.34. The van der Waals surface area contributed by atoms with Crippen LogP contribution in [0.25, 0.3) is 11.0 Å². The molecule has 2 rings (SSSR count). The monoisotopic (exact) mass is 191 g/mol. The molecule has 0 fully saturated rings. The first kappa shape index (κ1) is 7.62. The number of hydrogen-bond acceptors (Lipinski definition) is 3. The Kier molecular flexibility index (Phi) is 1.56. The van der Waals surface area contributed by atoms with Gasteiger partial charge in [-0.05, 0) is 26.0 Å². The van der Waals surface area contributed by atoms with Gasteiger partial charge in [0.25, 0.3) is 1.43 Å². The van der Waals surface area contributed by atoms with Crippen LogP contribution in [-0.4, -0.2) is 6.54 Å². The SMILES string of the molecule is [2H]Oc1c(C)c2cc(C)ccc2oc1=O. The summed E-state index contributed by atoms with van der Waals surface area (Å²) >= 11 is 0. The van der Waals surface area contributed by atoms with E-state index in [1.165, 1.54) is 0 Å². The van der Waals surface area contributed by atoms with Crippen LogP contribution in [0.3, 0.4) is 0 Å². The molecule has 0 saturated carbocycles. The third-order valence-electron chi connectivity index (χ3n) is 2.27. The van der Waals surface area contributed by atoms with E-state index < -0.39 is 5.63 Å². The van der Waals surface area contributed by atoms with Gasteiger partial charge < -0.3 is 9.53 Å². The van der Waals surface area contributed by atoms with Gasteiger partial charge in [-0.3, -0.25) is 0 Å². The molecule has 0 unspecified atom stereocenters. The highest BCUT2D eigenvalue weighted by atomic mass is 16.4. The Morgan fingerprint density at radius 3 is 2.93 bits per heavy atom. The molecule has 3 nitrogen and oxygen atoms in total. The first-order valence-electron chi connectivity index (χ1n) is 4.71. The molecule has 0 aliphatic rings. The van der Waals surface area contributed by atoms with E-state index in [9.17, 15) is 4.79 Å². The van der Waals surface area contributed by atoms with Gasteiger partial charge in [0.1, 0.15) is 5.58 Å². The highest BCUT2D eigenvalue weighted by molar-refractivity contribution is 5.82. The zero-order valence-corrected chi connectivity index (χ0v) is 7.96. The number of aromatic hydroxyl groups is 1. The highest BCUT2D eigenvalue weighted by Crippen LogP contribution is 2.23. The second-order valence-electron chi connectivity index (χ2n) is 3.34. The Balaban J connectivity index is 2.92. The van der Waals surface area contributed by atoms with Crippen molar-refractivity contribution in [1.82, 2.24) is 0 Å². The summed E-state index contributed by atoms with van der Waals surface area (Å²) in [6.07, 6.45) is 0. The van der Waals surface area contributed by atoms with Crippen LogP contribution in [0, 0.1) is 13.8 Å². The van der Waals surface area contributed by atoms with Gasteiger partial charge in [0.2, 0.25) is 5.75 Å². The molecular formula is C11H10O3. The van der Waals surface area contributed by atoms with Crippen molar-refractivity contribution in [3.05, 3.63) is 39.7 Å². The molecule has 0 saturated heterocycles. The minimum atomic E-state index is -0.612. The summed E-state index contributed by atoms with van der Waals surface area (Å²) in [6, 6.07) is 5.51. The van der Waals surface area contributed by atoms with Crippen LogP contribution in [0.15, 0.2) is 27.4 Å². The van der Waals surface area contributed by atoms with Gasteiger partial charge in [-0.1, -0.05) is 11.6 Å². The lowest BCUT2D eigenvalue weighted by Crippen LogP contribution is -2.00. The minimum Gasteiger partial charge on any atom is -0.502 e. The van der Waals surface area contributed by atoms with E-state index in [2.05, 4.69) is 5.11 Å². The standard InChI is InChI=1S/C11H10O3/c1-6-3-4-9-8(5-6)7(2)10(12)11(13)14-9/h3-5,12H,1-2H3/i/hD. The van der Waals surface area contributed by atoms with Crippen LogP contribution in [0.1, 0.15) is 11.1 Å². The summed E-state index contributed by atoms with van der Waals surface area (Å²) in [5.74, 6) is -0.0481. The summed E-state index contributed by atoms with van der Waals surface area (Å²) < 4.78 is 11.8.